The topological polar surface area (TPSA) is 81.7 Å². The van der Waals surface area contributed by atoms with Crippen LogP contribution in [0.15, 0.2) is 53.4 Å². The highest BCUT2D eigenvalue weighted by Gasteiger charge is 2.34. The molecule has 0 spiro atoms. The van der Waals surface area contributed by atoms with Gasteiger partial charge < -0.3 is 9.47 Å². The van der Waals surface area contributed by atoms with Crippen molar-refractivity contribution in [3.8, 4) is 5.75 Å². The van der Waals surface area contributed by atoms with E-state index in [2.05, 4.69) is 9.46 Å². The molecule has 146 valence electrons. The Morgan fingerprint density at radius 3 is 2.30 bits per heavy atom. The summed E-state index contributed by atoms with van der Waals surface area (Å²) >= 11 is 0. The van der Waals surface area contributed by atoms with E-state index in [1.54, 1.807) is 6.92 Å². The first-order valence-corrected chi connectivity index (χ1v) is 9.21. The number of benzene rings is 2. The molecular weight excluding hydrogens is 387 g/mol. The maximum absolute atomic E-state index is 12.5. The molecule has 0 unspecified atom stereocenters. The Balaban J connectivity index is 2.18. The third kappa shape index (κ3) is 6.17. The molecule has 0 heterocycles. The summed E-state index contributed by atoms with van der Waals surface area (Å²) < 4.78 is 73.0. The van der Waals surface area contributed by atoms with Gasteiger partial charge in [0.2, 0.25) is 0 Å². The molecule has 2 rings (SSSR count). The van der Waals surface area contributed by atoms with Gasteiger partial charge in [-0.3, -0.25) is 9.52 Å². The van der Waals surface area contributed by atoms with Crippen molar-refractivity contribution in [2.75, 3.05) is 11.3 Å². The van der Waals surface area contributed by atoms with Crippen LogP contribution in [0.5, 0.6) is 5.75 Å². The zero-order chi connectivity index (χ0) is 20.1. The predicted octanol–water partition coefficient (Wildman–Crippen LogP) is 3.49. The molecule has 0 aromatic heterocycles. The third-order valence-corrected chi connectivity index (χ3v) is 4.65. The molecule has 10 heteroatoms. The van der Waals surface area contributed by atoms with E-state index in [1.165, 1.54) is 36.4 Å². The van der Waals surface area contributed by atoms with Crippen molar-refractivity contribution < 1.29 is 35.9 Å². The van der Waals surface area contributed by atoms with Crippen molar-refractivity contribution in [2.24, 2.45) is 0 Å². The molecule has 2 aromatic carbocycles. The number of rotatable bonds is 7. The van der Waals surface area contributed by atoms with Gasteiger partial charge in [-0.1, -0.05) is 24.3 Å². The predicted molar refractivity (Wildman–Crippen MR) is 90.7 cm³/mol. The van der Waals surface area contributed by atoms with Crippen molar-refractivity contribution in [1.82, 2.24) is 0 Å². The van der Waals surface area contributed by atoms with E-state index in [4.69, 9.17) is 4.74 Å². The van der Waals surface area contributed by atoms with Crippen LogP contribution in [0.25, 0.3) is 0 Å². The summed E-state index contributed by atoms with van der Waals surface area (Å²) in [5.74, 6) is -1.26. The summed E-state index contributed by atoms with van der Waals surface area (Å²) in [7, 11) is -4.33. The van der Waals surface area contributed by atoms with Crippen LogP contribution in [0.2, 0.25) is 0 Å². The van der Waals surface area contributed by atoms with E-state index in [9.17, 15) is 26.4 Å². The molecule has 0 radical (unpaired) electrons. The van der Waals surface area contributed by atoms with Gasteiger partial charge >= 0.3 is 12.3 Å². The third-order valence-electron chi connectivity index (χ3n) is 3.22. The average molecular weight is 403 g/mol. The van der Waals surface area contributed by atoms with Gasteiger partial charge in [-0.15, -0.1) is 13.2 Å². The van der Waals surface area contributed by atoms with Gasteiger partial charge in [0.25, 0.3) is 10.0 Å². The molecule has 27 heavy (non-hydrogen) atoms. The summed E-state index contributed by atoms with van der Waals surface area (Å²) in [6.45, 7) is 1.92. The molecule has 0 bridgehead atoms. The largest absolute Gasteiger partial charge is 0.573 e. The summed E-state index contributed by atoms with van der Waals surface area (Å²) in [4.78, 5) is 10.8. The molecule has 0 fully saturated rings. The lowest BCUT2D eigenvalue weighted by atomic mass is 10.1. The van der Waals surface area contributed by atoms with Crippen molar-refractivity contribution in [3.05, 3.63) is 54.1 Å². The molecule has 6 nitrogen and oxygen atoms in total. The van der Waals surface area contributed by atoms with Gasteiger partial charge in [0.15, 0.2) is 0 Å². The number of sulfonamides is 1. The van der Waals surface area contributed by atoms with Gasteiger partial charge in [0.05, 0.1) is 13.0 Å². The molecule has 0 saturated heterocycles. The lowest BCUT2D eigenvalue weighted by molar-refractivity contribution is -0.275. The number of halogens is 3. The smallest absolute Gasteiger partial charge is 0.466 e. The van der Waals surface area contributed by atoms with Gasteiger partial charge in [0, 0.05) is 5.69 Å². The Labute approximate surface area is 154 Å². The summed E-state index contributed by atoms with van der Waals surface area (Å²) in [5, 5.41) is 0. The van der Waals surface area contributed by atoms with E-state index < -0.39 is 33.0 Å². The highest BCUT2D eigenvalue weighted by molar-refractivity contribution is 7.92. The van der Waals surface area contributed by atoms with Crippen molar-refractivity contribution in [1.29, 1.82) is 0 Å². The fourth-order valence-electron chi connectivity index (χ4n) is 2.16. The number of esters is 1. The van der Waals surface area contributed by atoms with E-state index in [-0.39, 0.29) is 18.7 Å². The minimum Gasteiger partial charge on any atom is -0.466 e. The first-order valence-electron chi connectivity index (χ1n) is 7.73. The summed E-state index contributed by atoms with van der Waals surface area (Å²) in [5.41, 5.74) is 0.710. The van der Waals surface area contributed by atoms with E-state index in [0.717, 1.165) is 12.1 Å². The number of para-hydroxylation sites is 1. The maximum Gasteiger partial charge on any atom is 0.573 e. The quantitative estimate of drug-likeness (QED) is 0.716. The SMILES string of the molecule is CCOC(=O)Cc1ccc(NS(=O)(=O)c2ccccc2OC(F)(F)F)cc1. The average Bonchev–Trinajstić information content (AvgIpc) is 2.55. The van der Waals surface area contributed by atoms with Crippen LogP contribution in [-0.2, 0) is 26.0 Å². The van der Waals surface area contributed by atoms with Gasteiger partial charge in [-0.05, 0) is 36.8 Å². The number of carbonyl (C=O) groups excluding carboxylic acids is 1. The van der Waals surface area contributed by atoms with Crippen LogP contribution >= 0.6 is 0 Å². The van der Waals surface area contributed by atoms with Gasteiger partial charge in [0.1, 0.15) is 10.6 Å². The van der Waals surface area contributed by atoms with E-state index in [1.807, 2.05) is 0 Å². The monoisotopic (exact) mass is 403 g/mol. The number of carbonyl (C=O) groups is 1. The molecular formula is C17H16F3NO5S. The lowest BCUT2D eigenvalue weighted by Crippen LogP contribution is -2.20. The highest BCUT2D eigenvalue weighted by atomic mass is 32.2. The normalized spacial score (nSPS) is 11.7. The van der Waals surface area contributed by atoms with Crippen molar-refractivity contribution in [3.63, 3.8) is 0 Å². The first kappa shape index (κ1) is 20.6. The molecule has 1 N–H and O–H groups in total. The van der Waals surface area contributed by atoms with Crippen LogP contribution in [-0.4, -0.2) is 27.4 Å². The highest BCUT2D eigenvalue weighted by Crippen LogP contribution is 2.30. The molecule has 0 amide bonds. The standard InChI is InChI=1S/C17H16F3NO5S/c1-2-25-16(22)11-12-7-9-13(10-8-12)21-27(23,24)15-6-4-3-5-14(15)26-17(18,19)20/h3-10,21H,2,11H2,1H3. The molecule has 2 aromatic rings. The van der Waals surface area contributed by atoms with Crippen LogP contribution < -0.4 is 9.46 Å². The minimum absolute atomic E-state index is 0.0170. The molecule has 0 atom stereocenters. The zero-order valence-corrected chi connectivity index (χ0v) is 14.9. The van der Waals surface area contributed by atoms with Crippen molar-refractivity contribution in [2.45, 2.75) is 24.6 Å². The Morgan fingerprint density at radius 1 is 1.07 bits per heavy atom. The van der Waals surface area contributed by atoms with E-state index in [0.29, 0.717) is 5.56 Å². The van der Waals surface area contributed by atoms with Crippen LogP contribution in [0, 0.1) is 0 Å². The first-order chi connectivity index (χ1) is 12.6. The number of hydrogen-bond donors (Lipinski definition) is 1. The maximum atomic E-state index is 12.5. The lowest BCUT2D eigenvalue weighted by Gasteiger charge is -2.14. The Hall–Kier alpha value is -2.75. The second kappa shape index (κ2) is 8.30. The second-order valence-electron chi connectivity index (χ2n) is 5.28. The molecule has 0 aliphatic carbocycles. The Bertz CT molecular complexity index is 896. The zero-order valence-electron chi connectivity index (χ0n) is 14.1. The summed E-state index contributed by atoms with van der Waals surface area (Å²) in [6, 6.07) is 10.2. The Morgan fingerprint density at radius 2 is 1.70 bits per heavy atom. The molecule has 0 aliphatic rings. The summed E-state index contributed by atoms with van der Waals surface area (Å²) in [6.07, 6.45) is -5.01. The van der Waals surface area contributed by atoms with Gasteiger partial charge in [-0.2, -0.15) is 0 Å². The number of alkyl halides is 3. The van der Waals surface area contributed by atoms with Crippen LogP contribution in [0.3, 0.4) is 0 Å². The number of nitrogens with one attached hydrogen (secondary N) is 1. The van der Waals surface area contributed by atoms with Crippen LogP contribution in [0.1, 0.15) is 12.5 Å². The number of anilines is 1. The number of ether oxygens (including phenoxy) is 2. The molecule has 0 aliphatic heterocycles. The molecule has 0 saturated carbocycles. The van der Waals surface area contributed by atoms with Crippen LogP contribution in [0.4, 0.5) is 18.9 Å². The number of hydrogen-bond acceptors (Lipinski definition) is 5. The minimum atomic E-state index is -5.03. The fourth-order valence-corrected chi connectivity index (χ4v) is 3.35. The van der Waals surface area contributed by atoms with Crippen molar-refractivity contribution >= 4 is 21.7 Å². The van der Waals surface area contributed by atoms with Gasteiger partial charge in [-0.25, -0.2) is 8.42 Å². The Kier molecular flexibility index (Phi) is 6.32. The fraction of sp³-hybridized carbons (Fsp3) is 0.235. The second-order valence-corrected chi connectivity index (χ2v) is 6.93. The van der Waals surface area contributed by atoms with E-state index >= 15 is 0 Å².